The SMILES string of the molecule is CC(C)(C)OC(=O)NC1CCN(CC2=CCCCCCC2)CC1. The number of amides is 1. The molecule has 4 heteroatoms. The minimum atomic E-state index is -0.421. The summed E-state index contributed by atoms with van der Waals surface area (Å²) in [6, 6.07) is 0.257. The maximum absolute atomic E-state index is 11.8. The number of alkyl carbamates (subject to hydrolysis) is 1. The van der Waals surface area contributed by atoms with Crippen molar-refractivity contribution in [1.29, 1.82) is 0 Å². The van der Waals surface area contributed by atoms with Crippen LogP contribution in [0.4, 0.5) is 4.79 Å². The van der Waals surface area contributed by atoms with Gasteiger partial charge in [-0.1, -0.05) is 24.5 Å². The molecule has 1 saturated heterocycles. The van der Waals surface area contributed by atoms with Crippen LogP contribution in [0.3, 0.4) is 0 Å². The van der Waals surface area contributed by atoms with Crippen molar-refractivity contribution in [2.45, 2.75) is 83.8 Å². The number of hydrogen-bond donors (Lipinski definition) is 1. The van der Waals surface area contributed by atoms with Gasteiger partial charge in [0.2, 0.25) is 0 Å². The molecule has 0 spiro atoms. The molecule has 1 aliphatic heterocycles. The van der Waals surface area contributed by atoms with Gasteiger partial charge in [-0.05, 0) is 59.3 Å². The Morgan fingerprint density at radius 1 is 1.22 bits per heavy atom. The number of hydrogen-bond acceptors (Lipinski definition) is 3. The molecule has 0 aromatic carbocycles. The Bertz CT molecular complexity index is 404. The number of ether oxygens (including phenoxy) is 1. The second-order valence-electron chi connectivity index (χ2n) is 8.01. The summed E-state index contributed by atoms with van der Waals surface area (Å²) >= 11 is 0. The van der Waals surface area contributed by atoms with Crippen LogP contribution >= 0.6 is 0 Å². The zero-order valence-electron chi connectivity index (χ0n) is 15.2. The summed E-state index contributed by atoms with van der Waals surface area (Å²) in [6.07, 6.45) is 12.3. The van der Waals surface area contributed by atoms with E-state index in [1.54, 1.807) is 5.57 Å². The fourth-order valence-corrected chi connectivity index (χ4v) is 3.40. The standard InChI is InChI=1S/C19H34N2O2/c1-19(2,3)23-18(22)20-17-11-13-21(14-12-17)15-16-9-7-5-4-6-8-10-16/h9,17H,4-8,10-15H2,1-3H3,(H,20,22). The number of piperidine rings is 1. The van der Waals surface area contributed by atoms with Gasteiger partial charge in [-0.25, -0.2) is 4.79 Å². The summed E-state index contributed by atoms with van der Waals surface area (Å²) in [5.74, 6) is 0. The van der Waals surface area contributed by atoms with Crippen molar-refractivity contribution >= 4 is 6.09 Å². The molecule has 0 radical (unpaired) electrons. The first-order chi connectivity index (χ1) is 10.9. The molecule has 0 aromatic rings. The minimum absolute atomic E-state index is 0.257. The molecule has 1 N–H and O–H groups in total. The molecule has 2 aliphatic rings. The fraction of sp³-hybridized carbons (Fsp3) is 0.842. The van der Waals surface area contributed by atoms with E-state index < -0.39 is 5.60 Å². The Kier molecular flexibility index (Phi) is 6.94. The summed E-state index contributed by atoms with van der Waals surface area (Å²) in [7, 11) is 0. The van der Waals surface area contributed by atoms with Crippen LogP contribution in [-0.4, -0.2) is 42.3 Å². The van der Waals surface area contributed by atoms with Crippen LogP contribution < -0.4 is 5.32 Å². The molecule has 4 nitrogen and oxygen atoms in total. The Morgan fingerprint density at radius 2 is 1.91 bits per heavy atom. The van der Waals surface area contributed by atoms with E-state index in [4.69, 9.17) is 4.74 Å². The molecule has 1 aliphatic carbocycles. The molecule has 1 heterocycles. The third kappa shape index (κ3) is 7.38. The zero-order chi connectivity index (χ0) is 16.7. The van der Waals surface area contributed by atoms with Gasteiger partial charge < -0.3 is 10.1 Å². The molecule has 132 valence electrons. The third-order valence-electron chi connectivity index (χ3n) is 4.62. The van der Waals surface area contributed by atoms with E-state index in [0.29, 0.717) is 0 Å². The van der Waals surface area contributed by atoms with E-state index in [-0.39, 0.29) is 12.1 Å². The van der Waals surface area contributed by atoms with Crippen molar-refractivity contribution in [3.63, 3.8) is 0 Å². The van der Waals surface area contributed by atoms with Crippen LogP contribution in [0.5, 0.6) is 0 Å². The van der Waals surface area contributed by atoms with E-state index >= 15 is 0 Å². The molecular formula is C19H34N2O2. The lowest BCUT2D eigenvalue weighted by molar-refractivity contribution is 0.0480. The van der Waals surface area contributed by atoms with E-state index in [1.807, 2.05) is 20.8 Å². The topological polar surface area (TPSA) is 41.6 Å². The Balaban J connectivity index is 1.70. The van der Waals surface area contributed by atoms with Crippen LogP contribution in [0.1, 0.15) is 72.1 Å². The van der Waals surface area contributed by atoms with Gasteiger partial charge in [-0.15, -0.1) is 0 Å². The zero-order valence-corrected chi connectivity index (χ0v) is 15.2. The number of nitrogens with zero attached hydrogens (tertiary/aromatic N) is 1. The smallest absolute Gasteiger partial charge is 0.407 e. The van der Waals surface area contributed by atoms with Crippen LogP contribution in [-0.2, 0) is 4.74 Å². The van der Waals surface area contributed by atoms with Crippen LogP contribution in [0, 0.1) is 0 Å². The molecule has 1 fully saturated rings. The van der Waals surface area contributed by atoms with E-state index in [9.17, 15) is 4.79 Å². The van der Waals surface area contributed by atoms with Crippen LogP contribution in [0.25, 0.3) is 0 Å². The van der Waals surface area contributed by atoms with E-state index in [1.165, 1.54) is 38.5 Å². The van der Waals surface area contributed by atoms with Gasteiger partial charge >= 0.3 is 6.09 Å². The highest BCUT2D eigenvalue weighted by molar-refractivity contribution is 5.68. The molecule has 0 unspecified atom stereocenters. The molecular weight excluding hydrogens is 288 g/mol. The normalized spacial score (nSPS) is 22.0. The first kappa shape index (κ1) is 18.3. The highest BCUT2D eigenvalue weighted by atomic mass is 16.6. The molecule has 0 saturated carbocycles. The van der Waals surface area contributed by atoms with Gasteiger partial charge in [0.25, 0.3) is 0 Å². The molecule has 23 heavy (non-hydrogen) atoms. The Labute approximate surface area is 141 Å². The third-order valence-corrected chi connectivity index (χ3v) is 4.62. The monoisotopic (exact) mass is 322 g/mol. The first-order valence-corrected chi connectivity index (χ1v) is 9.32. The average molecular weight is 322 g/mol. The second-order valence-corrected chi connectivity index (χ2v) is 8.01. The molecule has 1 amide bonds. The van der Waals surface area contributed by atoms with Crippen molar-refractivity contribution in [3.05, 3.63) is 11.6 Å². The van der Waals surface area contributed by atoms with Gasteiger partial charge in [0.15, 0.2) is 0 Å². The predicted octanol–water partition coefficient (Wildman–Crippen LogP) is 4.26. The van der Waals surface area contributed by atoms with Crippen molar-refractivity contribution in [3.8, 4) is 0 Å². The lowest BCUT2D eigenvalue weighted by Gasteiger charge is -2.33. The molecule has 0 aromatic heterocycles. The highest BCUT2D eigenvalue weighted by Gasteiger charge is 2.23. The largest absolute Gasteiger partial charge is 0.444 e. The van der Waals surface area contributed by atoms with Gasteiger partial charge in [0.1, 0.15) is 5.60 Å². The highest BCUT2D eigenvalue weighted by Crippen LogP contribution is 2.20. The number of likely N-dealkylation sites (tertiary alicyclic amines) is 1. The van der Waals surface area contributed by atoms with Crippen molar-refractivity contribution in [1.82, 2.24) is 10.2 Å². The van der Waals surface area contributed by atoms with Crippen LogP contribution in [0.2, 0.25) is 0 Å². The van der Waals surface area contributed by atoms with Gasteiger partial charge in [-0.3, -0.25) is 4.90 Å². The summed E-state index contributed by atoms with van der Waals surface area (Å²) in [5.41, 5.74) is 1.21. The quantitative estimate of drug-likeness (QED) is 0.790. The van der Waals surface area contributed by atoms with Crippen LogP contribution in [0.15, 0.2) is 11.6 Å². The number of allylic oxidation sites excluding steroid dienone is 1. The van der Waals surface area contributed by atoms with E-state index in [0.717, 1.165) is 32.5 Å². The average Bonchev–Trinajstić information content (AvgIpc) is 2.41. The van der Waals surface area contributed by atoms with E-state index in [2.05, 4.69) is 16.3 Å². The molecule has 0 bridgehead atoms. The van der Waals surface area contributed by atoms with Crippen molar-refractivity contribution in [2.24, 2.45) is 0 Å². The molecule has 2 rings (SSSR count). The maximum atomic E-state index is 11.8. The maximum Gasteiger partial charge on any atom is 0.407 e. The number of nitrogens with one attached hydrogen (secondary N) is 1. The lowest BCUT2D eigenvalue weighted by Crippen LogP contribution is -2.46. The summed E-state index contributed by atoms with van der Waals surface area (Å²) in [6.45, 7) is 8.96. The first-order valence-electron chi connectivity index (χ1n) is 9.32. The van der Waals surface area contributed by atoms with Crippen molar-refractivity contribution in [2.75, 3.05) is 19.6 Å². The molecule has 0 atom stereocenters. The Hall–Kier alpha value is -1.03. The number of carbonyl (C=O) groups excluding carboxylic acids is 1. The van der Waals surface area contributed by atoms with Gasteiger partial charge in [0, 0.05) is 25.7 Å². The van der Waals surface area contributed by atoms with Crippen molar-refractivity contribution < 1.29 is 9.53 Å². The fourth-order valence-electron chi connectivity index (χ4n) is 3.40. The number of rotatable bonds is 3. The summed E-state index contributed by atoms with van der Waals surface area (Å²) in [5, 5.41) is 3.02. The minimum Gasteiger partial charge on any atom is -0.444 e. The lowest BCUT2D eigenvalue weighted by atomic mass is 9.98. The summed E-state index contributed by atoms with van der Waals surface area (Å²) in [4.78, 5) is 14.4. The second kappa shape index (κ2) is 8.72. The Morgan fingerprint density at radius 3 is 2.61 bits per heavy atom. The predicted molar refractivity (Wildman–Crippen MR) is 94.6 cm³/mol. The van der Waals surface area contributed by atoms with Gasteiger partial charge in [-0.2, -0.15) is 0 Å². The van der Waals surface area contributed by atoms with Gasteiger partial charge in [0.05, 0.1) is 0 Å². The number of carbonyl (C=O) groups is 1. The summed E-state index contributed by atoms with van der Waals surface area (Å²) < 4.78 is 5.34.